The van der Waals surface area contributed by atoms with E-state index in [1.165, 1.54) is 21.6 Å². The summed E-state index contributed by atoms with van der Waals surface area (Å²) in [5.74, 6) is 0. The third kappa shape index (κ3) is 3.31. The lowest BCUT2D eigenvalue weighted by Crippen LogP contribution is -2.25. The van der Waals surface area contributed by atoms with Gasteiger partial charge in [-0.1, -0.05) is 0 Å². The fraction of sp³-hybridized carbons (Fsp3) is 0.400. The number of fused-ring (bicyclic) bond motifs is 1. The highest BCUT2D eigenvalue weighted by molar-refractivity contribution is 7.54. The minimum atomic E-state index is -4.85. The molecule has 0 N–H and O–H groups in total. The molecule has 144 valence electrons. The highest BCUT2D eigenvalue weighted by Crippen LogP contribution is 2.65. The topological polar surface area (TPSA) is 88.4 Å². The molecular weight excluding hydrogens is 388 g/mol. The summed E-state index contributed by atoms with van der Waals surface area (Å²) in [5.41, 5.74) is -0.683. The van der Waals surface area contributed by atoms with Gasteiger partial charge in [0, 0.05) is 44.6 Å². The number of non-ortho nitro benzene ring substituents is 1. The van der Waals surface area contributed by atoms with E-state index < -0.39 is 24.9 Å². The van der Waals surface area contributed by atoms with E-state index in [-0.39, 0.29) is 22.0 Å². The van der Waals surface area contributed by atoms with Crippen molar-refractivity contribution in [1.82, 2.24) is 14.3 Å². The molecule has 2 fully saturated rings. The fourth-order valence-electron chi connectivity index (χ4n) is 2.92. The van der Waals surface area contributed by atoms with Crippen molar-refractivity contribution in [3.05, 3.63) is 46.3 Å². The van der Waals surface area contributed by atoms with E-state index in [2.05, 4.69) is 4.98 Å². The Balaban J connectivity index is 1.83. The molecule has 0 aliphatic carbocycles. The molecular formula is C15H14F3N4O4P. The van der Waals surface area contributed by atoms with Crippen molar-refractivity contribution in [1.29, 1.82) is 0 Å². The predicted molar refractivity (Wildman–Crippen MR) is 89.0 cm³/mol. The van der Waals surface area contributed by atoms with Crippen LogP contribution in [0.4, 0.5) is 18.9 Å². The van der Waals surface area contributed by atoms with Crippen LogP contribution in [0.25, 0.3) is 10.8 Å². The molecule has 0 spiro atoms. The lowest BCUT2D eigenvalue weighted by Gasteiger charge is -2.28. The number of rotatable bonds is 6. The lowest BCUT2D eigenvalue weighted by atomic mass is 10.0. The Labute approximate surface area is 151 Å². The summed E-state index contributed by atoms with van der Waals surface area (Å²) >= 11 is 0. The van der Waals surface area contributed by atoms with E-state index in [9.17, 15) is 27.9 Å². The lowest BCUT2D eigenvalue weighted by molar-refractivity contribution is -0.383. The molecule has 2 aliphatic rings. The number of hydrogen-bond donors (Lipinski definition) is 0. The van der Waals surface area contributed by atoms with Crippen molar-refractivity contribution in [3.8, 4) is 0 Å². The van der Waals surface area contributed by atoms with E-state index in [1.807, 2.05) is 0 Å². The van der Waals surface area contributed by atoms with Crippen LogP contribution in [0, 0.1) is 10.1 Å². The molecule has 4 rings (SSSR count). The Hall–Kier alpha value is -2.07. The van der Waals surface area contributed by atoms with Gasteiger partial charge < -0.3 is 0 Å². The Morgan fingerprint density at radius 1 is 1.15 bits per heavy atom. The van der Waals surface area contributed by atoms with Gasteiger partial charge in [0.15, 0.2) is 6.10 Å². The predicted octanol–water partition coefficient (Wildman–Crippen LogP) is 3.50. The van der Waals surface area contributed by atoms with E-state index >= 15 is 0 Å². The summed E-state index contributed by atoms with van der Waals surface area (Å²) in [7, 11) is -3.77. The molecule has 1 aromatic heterocycles. The highest BCUT2D eigenvalue weighted by atomic mass is 31.2. The van der Waals surface area contributed by atoms with Crippen molar-refractivity contribution in [2.75, 3.05) is 26.2 Å². The molecule has 0 bridgehead atoms. The second-order valence-corrected chi connectivity index (χ2v) is 8.60. The van der Waals surface area contributed by atoms with Crippen LogP contribution < -0.4 is 0 Å². The van der Waals surface area contributed by atoms with Gasteiger partial charge in [-0.25, -0.2) is 9.34 Å². The maximum atomic E-state index is 13.9. The molecule has 12 heteroatoms. The first-order chi connectivity index (χ1) is 12.7. The second kappa shape index (κ2) is 6.23. The molecule has 2 aromatic rings. The van der Waals surface area contributed by atoms with Gasteiger partial charge in [0.05, 0.1) is 10.3 Å². The zero-order valence-corrected chi connectivity index (χ0v) is 14.7. The Morgan fingerprint density at radius 2 is 1.78 bits per heavy atom. The summed E-state index contributed by atoms with van der Waals surface area (Å²) < 4.78 is 62.7. The van der Waals surface area contributed by atoms with Crippen molar-refractivity contribution < 1.29 is 27.2 Å². The van der Waals surface area contributed by atoms with Gasteiger partial charge in [0.2, 0.25) is 0 Å². The van der Waals surface area contributed by atoms with Gasteiger partial charge in [-0.3, -0.25) is 24.2 Å². The summed E-state index contributed by atoms with van der Waals surface area (Å²) in [6.45, 7) is 1.62. The number of benzene rings is 1. The van der Waals surface area contributed by atoms with Crippen LogP contribution in [0.3, 0.4) is 0 Å². The fourth-order valence-corrected chi connectivity index (χ4v) is 5.25. The van der Waals surface area contributed by atoms with Crippen LogP contribution in [0.15, 0.2) is 30.6 Å². The Morgan fingerprint density at radius 3 is 2.30 bits per heavy atom. The van der Waals surface area contributed by atoms with Gasteiger partial charge >= 0.3 is 13.8 Å². The summed E-state index contributed by atoms with van der Waals surface area (Å²) in [5, 5.41) is 11.1. The highest BCUT2D eigenvalue weighted by Gasteiger charge is 2.55. The number of nitro benzene ring substituents is 1. The number of halogens is 3. The normalized spacial score (nSPS) is 19.2. The summed E-state index contributed by atoms with van der Waals surface area (Å²) in [6.07, 6.45) is -4.94. The molecule has 0 saturated carbocycles. The molecule has 8 nitrogen and oxygen atoms in total. The zero-order valence-electron chi connectivity index (χ0n) is 13.8. The molecule has 3 heterocycles. The first-order valence-corrected chi connectivity index (χ1v) is 9.62. The van der Waals surface area contributed by atoms with Gasteiger partial charge in [0.25, 0.3) is 5.69 Å². The van der Waals surface area contributed by atoms with Gasteiger partial charge in [-0.2, -0.15) is 13.2 Å². The molecule has 2 aliphatic heterocycles. The molecule has 2 saturated heterocycles. The smallest absolute Gasteiger partial charge is 0.288 e. The standard InChI is InChI=1S/C15H14F3N4O4P/c16-15(17,18)14(26-27(25,20-5-6-20)21-7-8-21)11-1-2-13(22(23)24)12-9-19-4-3-10(11)12/h1-4,9,14H,5-8H2. The molecule has 0 radical (unpaired) electrons. The Bertz CT molecular complexity index is 946. The van der Waals surface area contributed by atoms with Gasteiger partial charge in [-0.15, -0.1) is 0 Å². The van der Waals surface area contributed by atoms with Crippen molar-refractivity contribution in [3.63, 3.8) is 0 Å². The zero-order chi connectivity index (χ0) is 19.4. The first kappa shape index (κ1) is 18.3. The number of pyridine rings is 1. The molecule has 1 aromatic carbocycles. The van der Waals surface area contributed by atoms with Crippen molar-refractivity contribution in [2.24, 2.45) is 0 Å². The van der Waals surface area contributed by atoms with Gasteiger partial charge in [-0.05, 0) is 23.1 Å². The third-order valence-corrected chi connectivity index (χ3v) is 7.13. The molecule has 0 amide bonds. The van der Waals surface area contributed by atoms with Crippen LogP contribution in [0.1, 0.15) is 11.7 Å². The summed E-state index contributed by atoms with van der Waals surface area (Å²) in [6, 6.07) is 3.26. The number of nitro groups is 1. The van der Waals surface area contributed by atoms with Crippen LogP contribution in [0.2, 0.25) is 0 Å². The van der Waals surface area contributed by atoms with E-state index in [0.717, 1.165) is 18.3 Å². The largest absolute Gasteiger partial charge is 0.419 e. The summed E-state index contributed by atoms with van der Waals surface area (Å²) in [4.78, 5) is 14.3. The van der Waals surface area contributed by atoms with Crippen LogP contribution in [-0.2, 0) is 9.09 Å². The average Bonchev–Trinajstić information content (AvgIpc) is 3.48. The third-order valence-electron chi connectivity index (χ3n) is 4.41. The minimum Gasteiger partial charge on any atom is -0.288 e. The first-order valence-electron chi connectivity index (χ1n) is 8.09. The van der Waals surface area contributed by atoms with Gasteiger partial charge in [0.1, 0.15) is 0 Å². The molecule has 1 atom stereocenters. The average molecular weight is 402 g/mol. The Kier molecular flexibility index (Phi) is 4.22. The number of aromatic nitrogens is 1. The maximum absolute atomic E-state index is 13.9. The van der Waals surface area contributed by atoms with Crippen LogP contribution in [0.5, 0.6) is 0 Å². The molecule has 1 unspecified atom stereocenters. The minimum absolute atomic E-state index is 0.00957. The second-order valence-electron chi connectivity index (χ2n) is 6.28. The monoisotopic (exact) mass is 402 g/mol. The van der Waals surface area contributed by atoms with Crippen LogP contribution >= 0.6 is 7.67 Å². The van der Waals surface area contributed by atoms with Crippen molar-refractivity contribution >= 4 is 24.1 Å². The van der Waals surface area contributed by atoms with E-state index in [4.69, 9.17) is 4.52 Å². The number of alkyl halides is 3. The quantitative estimate of drug-likeness (QED) is 0.316. The van der Waals surface area contributed by atoms with Crippen molar-refractivity contribution in [2.45, 2.75) is 12.3 Å². The van der Waals surface area contributed by atoms with E-state index in [0.29, 0.717) is 26.2 Å². The number of nitrogens with zero attached hydrogens (tertiary/aromatic N) is 4. The molecule has 27 heavy (non-hydrogen) atoms. The van der Waals surface area contributed by atoms with E-state index in [1.54, 1.807) is 0 Å². The maximum Gasteiger partial charge on any atom is 0.419 e. The number of hydrogen-bond acceptors (Lipinski definition) is 5. The van der Waals surface area contributed by atoms with Crippen LogP contribution in [-0.4, -0.2) is 51.6 Å². The SMILES string of the molecule is O=[N+]([O-])c1ccc(C(OP(=O)(N2CC2)N2CC2)C(F)(F)F)c2ccncc12.